The maximum Gasteiger partial charge on any atom is 0.0256 e. The third-order valence-corrected chi connectivity index (χ3v) is 8.67. The minimum atomic E-state index is 0.573. The van der Waals surface area contributed by atoms with Crippen molar-refractivity contribution in [3.63, 3.8) is 0 Å². The van der Waals surface area contributed by atoms with E-state index in [1.807, 2.05) is 0 Å². The minimum Gasteiger partial charge on any atom is -0.0879 e. The molecule has 0 heterocycles. The Kier molecular flexibility index (Phi) is 2.59. The molecule has 98 valence electrons. The van der Waals surface area contributed by atoms with Crippen molar-refractivity contribution in [3.8, 4) is 0 Å². The molecule has 0 aromatic heterocycles. The summed E-state index contributed by atoms with van der Waals surface area (Å²) in [6.07, 6.45) is 8.77. The summed E-state index contributed by atoms with van der Waals surface area (Å²) in [5.41, 5.74) is 1.73. The Bertz CT molecular complexity index is 334. The smallest absolute Gasteiger partial charge is 0.0256 e. The lowest BCUT2D eigenvalue weighted by molar-refractivity contribution is -0.0708. The van der Waals surface area contributed by atoms with E-state index in [1.165, 1.54) is 38.5 Å². The third kappa shape index (κ3) is 1.67. The normalized spacial score (nSPS) is 56.6. The van der Waals surface area contributed by atoms with E-state index < -0.39 is 0 Å². The van der Waals surface area contributed by atoms with Gasteiger partial charge in [-0.1, -0.05) is 43.6 Å². The highest BCUT2D eigenvalue weighted by atomic mass is 79.9. The van der Waals surface area contributed by atoms with Crippen LogP contribution in [0.3, 0.4) is 0 Å². The van der Waals surface area contributed by atoms with Gasteiger partial charge in [0.25, 0.3) is 0 Å². The van der Waals surface area contributed by atoms with Crippen molar-refractivity contribution in [2.45, 2.75) is 71.0 Å². The first-order valence-corrected chi connectivity index (χ1v) is 8.33. The fourth-order valence-electron chi connectivity index (χ4n) is 5.59. The lowest BCUT2D eigenvalue weighted by Gasteiger charge is -2.62. The van der Waals surface area contributed by atoms with Gasteiger partial charge < -0.3 is 0 Å². The zero-order valence-electron chi connectivity index (χ0n) is 11.9. The SMILES string of the molecule is CC1(C)CCC2(C)C3CCC(C)(CC3C1)C2Br. The molecule has 0 aromatic carbocycles. The molecule has 17 heavy (non-hydrogen) atoms. The van der Waals surface area contributed by atoms with Crippen LogP contribution >= 0.6 is 15.9 Å². The molecule has 4 rings (SSSR count). The van der Waals surface area contributed by atoms with E-state index in [9.17, 15) is 0 Å². The van der Waals surface area contributed by atoms with E-state index in [0.717, 1.165) is 16.7 Å². The Morgan fingerprint density at radius 1 is 0.941 bits per heavy atom. The maximum absolute atomic E-state index is 4.12. The molecular formula is C16H27Br. The van der Waals surface area contributed by atoms with E-state index in [4.69, 9.17) is 0 Å². The fourth-order valence-corrected chi connectivity index (χ4v) is 6.58. The molecule has 0 radical (unpaired) electrons. The van der Waals surface area contributed by atoms with Crippen molar-refractivity contribution in [2.75, 3.05) is 0 Å². The molecule has 0 aliphatic heterocycles. The molecule has 4 bridgehead atoms. The molecule has 0 nitrogen and oxygen atoms in total. The topological polar surface area (TPSA) is 0 Å². The standard InChI is InChI=1S/C16H27Br/c1-14(2)7-8-16(4)12-5-6-15(3,13(16)17)10-11(12)9-14/h11-13H,5-10H2,1-4H3. The van der Waals surface area contributed by atoms with Gasteiger partial charge >= 0.3 is 0 Å². The van der Waals surface area contributed by atoms with Crippen molar-refractivity contribution in [2.24, 2.45) is 28.1 Å². The van der Waals surface area contributed by atoms with Crippen LogP contribution in [0.2, 0.25) is 0 Å². The summed E-state index contributed by atoms with van der Waals surface area (Å²) in [5.74, 6) is 2.00. The summed E-state index contributed by atoms with van der Waals surface area (Å²) in [5, 5.41) is 0. The second kappa shape index (κ2) is 3.52. The largest absolute Gasteiger partial charge is 0.0879 e. The molecule has 5 unspecified atom stereocenters. The van der Waals surface area contributed by atoms with E-state index in [1.54, 1.807) is 0 Å². The Morgan fingerprint density at radius 3 is 2.35 bits per heavy atom. The van der Waals surface area contributed by atoms with Crippen LogP contribution in [0.25, 0.3) is 0 Å². The average Bonchev–Trinajstić information content (AvgIpc) is 2.30. The van der Waals surface area contributed by atoms with Gasteiger partial charge in [-0.2, -0.15) is 0 Å². The highest BCUT2D eigenvalue weighted by Crippen LogP contribution is 2.68. The monoisotopic (exact) mass is 298 g/mol. The predicted octanol–water partition coefficient (Wildman–Crippen LogP) is 5.40. The van der Waals surface area contributed by atoms with Gasteiger partial charge in [-0.25, -0.2) is 0 Å². The van der Waals surface area contributed by atoms with Crippen LogP contribution in [0.15, 0.2) is 0 Å². The van der Waals surface area contributed by atoms with Gasteiger partial charge in [0, 0.05) is 4.83 Å². The average molecular weight is 299 g/mol. The number of hydrogen-bond acceptors (Lipinski definition) is 0. The van der Waals surface area contributed by atoms with Gasteiger partial charge in [-0.3, -0.25) is 0 Å². The van der Waals surface area contributed by atoms with Crippen molar-refractivity contribution >= 4 is 15.9 Å². The highest BCUT2D eigenvalue weighted by molar-refractivity contribution is 9.09. The minimum absolute atomic E-state index is 0.573. The molecule has 5 atom stereocenters. The predicted molar refractivity (Wildman–Crippen MR) is 77.4 cm³/mol. The highest BCUT2D eigenvalue weighted by Gasteiger charge is 2.61. The van der Waals surface area contributed by atoms with Gasteiger partial charge in [-0.05, 0) is 66.6 Å². The zero-order chi connectivity index (χ0) is 12.5. The van der Waals surface area contributed by atoms with Crippen LogP contribution < -0.4 is 0 Å². The Morgan fingerprint density at radius 2 is 1.65 bits per heavy atom. The Balaban J connectivity index is 2.02. The Hall–Kier alpha value is 0.480. The van der Waals surface area contributed by atoms with Crippen molar-refractivity contribution in [1.29, 1.82) is 0 Å². The number of halogens is 1. The molecule has 0 aromatic rings. The fraction of sp³-hybridized carbons (Fsp3) is 1.00. The van der Waals surface area contributed by atoms with Crippen LogP contribution in [0.1, 0.15) is 66.2 Å². The lowest BCUT2D eigenvalue weighted by atomic mass is 9.47. The zero-order valence-corrected chi connectivity index (χ0v) is 13.4. The van der Waals surface area contributed by atoms with Crippen LogP contribution in [0, 0.1) is 28.1 Å². The first-order valence-electron chi connectivity index (χ1n) is 7.41. The second-order valence-electron chi connectivity index (χ2n) is 8.50. The molecule has 0 amide bonds. The number of fused-ring (bicyclic) bond motifs is 1. The molecule has 4 saturated carbocycles. The van der Waals surface area contributed by atoms with Gasteiger partial charge in [0.2, 0.25) is 0 Å². The second-order valence-corrected chi connectivity index (χ2v) is 9.42. The molecule has 1 heteroatoms. The lowest BCUT2D eigenvalue weighted by Crippen LogP contribution is -2.57. The molecule has 0 N–H and O–H groups in total. The summed E-state index contributed by atoms with van der Waals surface area (Å²) in [4.78, 5) is 0.756. The molecule has 4 aliphatic carbocycles. The van der Waals surface area contributed by atoms with Gasteiger partial charge in [0.1, 0.15) is 0 Å². The van der Waals surface area contributed by atoms with Gasteiger partial charge in [-0.15, -0.1) is 0 Å². The summed E-state index contributed by atoms with van der Waals surface area (Å²) >= 11 is 4.12. The van der Waals surface area contributed by atoms with Crippen LogP contribution in [0.4, 0.5) is 0 Å². The number of alkyl halides is 1. The van der Waals surface area contributed by atoms with Crippen LogP contribution in [0.5, 0.6) is 0 Å². The molecule has 4 fully saturated rings. The first kappa shape index (κ1) is 12.5. The quantitative estimate of drug-likeness (QED) is 0.525. The molecule has 0 spiro atoms. The molecule has 4 aliphatic rings. The first-order chi connectivity index (χ1) is 7.77. The van der Waals surface area contributed by atoms with Gasteiger partial charge in [0.15, 0.2) is 0 Å². The van der Waals surface area contributed by atoms with Crippen molar-refractivity contribution < 1.29 is 0 Å². The van der Waals surface area contributed by atoms with E-state index >= 15 is 0 Å². The summed E-state index contributed by atoms with van der Waals surface area (Å²) in [6, 6.07) is 0. The van der Waals surface area contributed by atoms with Gasteiger partial charge in [0.05, 0.1) is 0 Å². The number of rotatable bonds is 0. The Labute approximate surface area is 115 Å². The summed E-state index contributed by atoms with van der Waals surface area (Å²) < 4.78 is 0. The summed E-state index contributed by atoms with van der Waals surface area (Å²) in [7, 11) is 0. The van der Waals surface area contributed by atoms with E-state index in [2.05, 4.69) is 43.6 Å². The third-order valence-electron chi connectivity index (χ3n) is 6.52. The molecule has 0 saturated heterocycles. The van der Waals surface area contributed by atoms with E-state index in [0.29, 0.717) is 16.2 Å². The van der Waals surface area contributed by atoms with E-state index in [-0.39, 0.29) is 0 Å². The maximum atomic E-state index is 4.12. The van der Waals surface area contributed by atoms with Crippen LogP contribution in [-0.2, 0) is 0 Å². The van der Waals surface area contributed by atoms with Crippen molar-refractivity contribution in [3.05, 3.63) is 0 Å². The number of hydrogen-bond donors (Lipinski definition) is 0. The van der Waals surface area contributed by atoms with Crippen LogP contribution in [-0.4, -0.2) is 4.83 Å². The molecular weight excluding hydrogens is 272 g/mol. The summed E-state index contributed by atoms with van der Waals surface area (Å²) in [6.45, 7) is 10.1. The van der Waals surface area contributed by atoms with Crippen molar-refractivity contribution in [1.82, 2.24) is 0 Å².